The fraction of sp³-hybridized carbons (Fsp3) is 0.318. The third kappa shape index (κ3) is 2.30. The standard InChI is InChI=1S/C22H20N4O2.H2/c27-22(13-4-5-17-18(7-13)24-11-23-17)26-6-2-1-3-15-16-10-21-19(25-12-28-21)8-14(16)9-20(15)26;/h4-5,7-8,10-12,15,20H,1-3,6,9H2,(H,23,24);1H/t15-,20+;/m1./s1. The van der Waals surface area contributed by atoms with Gasteiger partial charge in [-0.3, -0.25) is 4.79 Å². The van der Waals surface area contributed by atoms with Crippen molar-refractivity contribution < 1.29 is 10.6 Å². The number of rotatable bonds is 1. The van der Waals surface area contributed by atoms with Crippen LogP contribution >= 0.6 is 0 Å². The first-order valence-corrected chi connectivity index (χ1v) is 9.88. The van der Waals surface area contributed by atoms with E-state index in [1.54, 1.807) is 6.33 Å². The van der Waals surface area contributed by atoms with Gasteiger partial charge in [-0.15, -0.1) is 0 Å². The van der Waals surface area contributed by atoms with Gasteiger partial charge in [0.1, 0.15) is 5.52 Å². The van der Waals surface area contributed by atoms with Crippen molar-refractivity contribution >= 4 is 28.0 Å². The van der Waals surface area contributed by atoms with Crippen LogP contribution in [0.4, 0.5) is 0 Å². The number of carbonyl (C=O) groups excluding carboxylic acids is 1. The molecule has 2 atom stereocenters. The maximum atomic E-state index is 13.5. The van der Waals surface area contributed by atoms with E-state index < -0.39 is 0 Å². The summed E-state index contributed by atoms with van der Waals surface area (Å²) in [5.74, 6) is 0.481. The van der Waals surface area contributed by atoms with Crippen LogP contribution in [0.25, 0.3) is 22.1 Å². The molecule has 1 fully saturated rings. The Balaban J connectivity index is 0.00000181. The van der Waals surface area contributed by atoms with Crippen LogP contribution in [0.15, 0.2) is 47.5 Å². The average Bonchev–Trinajstić information content (AvgIpc) is 3.40. The first kappa shape index (κ1) is 15.9. The van der Waals surface area contributed by atoms with Crippen LogP contribution in [0.3, 0.4) is 0 Å². The molecule has 6 nitrogen and oxygen atoms in total. The molecule has 1 aliphatic heterocycles. The molecule has 1 saturated heterocycles. The lowest BCUT2D eigenvalue weighted by atomic mass is 9.93. The third-order valence-corrected chi connectivity index (χ3v) is 6.38. The Hall–Kier alpha value is -3.15. The zero-order valence-corrected chi connectivity index (χ0v) is 15.4. The number of hydrogen-bond acceptors (Lipinski definition) is 4. The van der Waals surface area contributed by atoms with Gasteiger partial charge in [0.2, 0.25) is 0 Å². The summed E-state index contributed by atoms with van der Waals surface area (Å²) in [6.45, 7) is 0.809. The van der Waals surface area contributed by atoms with Gasteiger partial charge in [-0.25, -0.2) is 9.97 Å². The van der Waals surface area contributed by atoms with E-state index in [0.717, 1.165) is 59.9 Å². The molecule has 0 unspecified atom stereocenters. The minimum Gasteiger partial charge on any atom is -0.443 e. The molecule has 2 aromatic heterocycles. The smallest absolute Gasteiger partial charge is 0.254 e. The molecule has 6 rings (SSSR count). The summed E-state index contributed by atoms with van der Waals surface area (Å²) >= 11 is 0. The monoisotopic (exact) mass is 374 g/mol. The van der Waals surface area contributed by atoms with E-state index in [-0.39, 0.29) is 13.4 Å². The van der Waals surface area contributed by atoms with Gasteiger partial charge in [0, 0.05) is 25.5 Å². The summed E-state index contributed by atoms with van der Waals surface area (Å²) in [7, 11) is 0. The Morgan fingerprint density at radius 3 is 3.11 bits per heavy atom. The molecule has 4 aromatic rings. The summed E-state index contributed by atoms with van der Waals surface area (Å²) in [6, 6.07) is 10.2. The molecule has 1 N–H and O–H groups in total. The number of nitrogens with one attached hydrogen (secondary N) is 1. The SMILES string of the molecule is O=C(c1ccc2nc[nH]c2c1)N1CCCC[C@@H]2c3cc4ocnc4cc3C[C@@H]21.[HH]. The number of amides is 1. The molecule has 28 heavy (non-hydrogen) atoms. The zero-order valence-electron chi connectivity index (χ0n) is 15.4. The van der Waals surface area contributed by atoms with Gasteiger partial charge in [0.25, 0.3) is 5.91 Å². The van der Waals surface area contributed by atoms with Gasteiger partial charge in [0.15, 0.2) is 12.0 Å². The molecule has 6 heteroatoms. The van der Waals surface area contributed by atoms with Gasteiger partial charge >= 0.3 is 0 Å². The maximum absolute atomic E-state index is 13.5. The second-order valence-electron chi connectivity index (χ2n) is 7.88. The van der Waals surface area contributed by atoms with Crippen molar-refractivity contribution in [2.75, 3.05) is 6.54 Å². The van der Waals surface area contributed by atoms with Crippen LogP contribution in [0.2, 0.25) is 0 Å². The molecule has 0 spiro atoms. The number of hydrogen-bond donors (Lipinski definition) is 1. The van der Waals surface area contributed by atoms with Crippen LogP contribution in [-0.4, -0.2) is 38.3 Å². The molecule has 3 heterocycles. The highest BCUT2D eigenvalue weighted by Crippen LogP contribution is 2.43. The van der Waals surface area contributed by atoms with Crippen LogP contribution in [-0.2, 0) is 6.42 Å². The lowest BCUT2D eigenvalue weighted by Gasteiger charge is -2.31. The summed E-state index contributed by atoms with van der Waals surface area (Å²) in [6.07, 6.45) is 7.36. The first-order chi connectivity index (χ1) is 13.8. The van der Waals surface area contributed by atoms with Crippen LogP contribution in [0.1, 0.15) is 48.1 Å². The van der Waals surface area contributed by atoms with E-state index >= 15 is 0 Å². The molecule has 0 radical (unpaired) electrons. The summed E-state index contributed by atoms with van der Waals surface area (Å²) in [4.78, 5) is 27.2. The molecular weight excluding hydrogens is 352 g/mol. The molecule has 0 saturated carbocycles. The number of imidazole rings is 1. The Kier molecular flexibility index (Phi) is 3.36. The highest BCUT2D eigenvalue weighted by molar-refractivity contribution is 5.97. The number of likely N-dealkylation sites (tertiary alicyclic amines) is 1. The quantitative estimate of drug-likeness (QED) is 0.539. The molecule has 2 aliphatic rings. The lowest BCUT2D eigenvalue weighted by molar-refractivity contribution is 0.0676. The van der Waals surface area contributed by atoms with Crippen LogP contribution in [0, 0.1) is 0 Å². The van der Waals surface area contributed by atoms with E-state index in [1.165, 1.54) is 17.5 Å². The Bertz CT molecular complexity index is 1210. The van der Waals surface area contributed by atoms with Crippen LogP contribution in [0.5, 0.6) is 0 Å². The fourth-order valence-electron chi connectivity index (χ4n) is 5.03. The number of fused-ring (bicyclic) bond motifs is 5. The second-order valence-corrected chi connectivity index (χ2v) is 7.88. The van der Waals surface area contributed by atoms with Gasteiger partial charge in [0.05, 0.1) is 17.4 Å². The van der Waals surface area contributed by atoms with Crippen molar-refractivity contribution in [2.24, 2.45) is 0 Å². The number of carbonyl (C=O) groups is 1. The fourth-order valence-corrected chi connectivity index (χ4v) is 5.03. The third-order valence-electron chi connectivity index (χ3n) is 6.38. The van der Waals surface area contributed by atoms with Crippen molar-refractivity contribution in [3.63, 3.8) is 0 Å². The summed E-state index contributed by atoms with van der Waals surface area (Å²) in [5.41, 5.74) is 6.89. The molecule has 2 aromatic carbocycles. The number of oxazole rings is 1. The van der Waals surface area contributed by atoms with Gasteiger partial charge in [-0.2, -0.15) is 0 Å². The number of benzene rings is 2. The average molecular weight is 374 g/mol. The molecule has 142 valence electrons. The minimum atomic E-state index is 0. The zero-order chi connectivity index (χ0) is 18.7. The minimum absolute atomic E-state index is 0. The summed E-state index contributed by atoms with van der Waals surface area (Å²) in [5, 5.41) is 0. The van der Waals surface area contributed by atoms with Crippen LogP contribution < -0.4 is 0 Å². The lowest BCUT2D eigenvalue weighted by Crippen LogP contribution is -2.42. The first-order valence-electron chi connectivity index (χ1n) is 9.88. The normalized spacial score (nSPS) is 21.6. The number of aromatic amines is 1. The van der Waals surface area contributed by atoms with Gasteiger partial charge in [-0.1, -0.05) is 6.42 Å². The number of aromatic nitrogens is 3. The van der Waals surface area contributed by atoms with Crippen molar-refractivity contribution in [2.45, 2.75) is 37.6 Å². The number of H-pyrrole nitrogens is 1. The molecular formula is C22H22N4O2. The predicted octanol–water partition coefficient (Wildman–Crippen LogP) is 4.28. The van der Waals surface area contributed by atoms with E-state index in [0.29, 0.717) is 5.92 Å². The van der Waals surface area contributed by atoms with Gasteiger partial charge < -0.3 is 14.3 Å². The van der Waals surface area contributed by atoms with E-state index in [4.69, 9.17) is 4.42 Å². The Morgan fingerprint density at radius 1 is 1.18 bits per heavy atom. The largest absolute Gasteiger partial charge is 0.443 e. The van der Waals surface area contributed by atoms with Crippen molar-refractivity contribution in [1.29, 1.82) is 0 Å². The maximum Gasteiger partial charge on any atom is 0.254 e. The van der Waals surface area contributed by atoms with Crippen molar-refractivity contribution in [3.8, 4) is 0 Å². The molecule has 1 amide bonds. The Labute approximate surface area is 163 Å². The topological polar surface area (TPSA) is 75.0 Å². The van der Waals surface area contributed by atoms with Crippen molar-refractivity contribution in [3.05, 3.63) is 59.7 Å². The van der Waals surface area contributed by atoms with E-state index in [2.05, 4.69) is 32.0 Å². The number of nitrogens with zero attached hydrogens (tertiary/aromatic N) is 3. The molecule has 1 aliphatic carbocycles. The van der Waals surface area contributed by atoms with E-state index in [9.17, 15) is 4.79 Å². The predicted molar refractivity (Wildman–Crippen MR) is 107 cm³/mol. The highest BCUT2D eigenvalue weighted by atomic mass is 16.3. The van der Waals surface area contributed by atoms with Gasteiger partial charge in [-0.05, 0) is 60.7 Å². The Morgan fingerprint density at radius 2 is 2.14 bits per heavy atom. The van der Waals surface area contributed by atoms with Crippen molar-refractivity contribution in [1.82, 2.24) is 19.9 Å². The highest BCUT2D eigenvalue weighted by Gasteiger charge is 2.40. The summed E-state index contributed by atoms with van der Waals surface area (Å²) < 4.78 is 5.53. The molecule has 0 bridgehead atoms. The van der Waals surface area contributed by atoms with E-state index in [1.807, 2.05) is 18.2 Å². The second kappa shape index (κ2) is 5.92.